The first-order valence-electron chi connectivity index (χ1n) is 5.42. The van der Waals surface area contributed by atoms with Crippen LogP contribution in [0.15, 0.2) is 0 Å². The highest BCUT2D eigenvalue weighted by atomic mass is 28.4. The molecule has 0 saturated carbocycles. The minimum atomic E-state index is -1.77. The maximum atomic E-state index is 11.6. The van der Waals surface area contributed by atoms with Gasteiger partial charge in [-0.15, -0.1) is 0 Å². The predicted molar refractivity (Wildman–Crippen MR) is 66.3 cm³/mol. The minimum Gasteiger partial charge on any atom is -0.402 e. The van der Waals surface area contributed by atoms with Crippen LogP contribution in [0.4, 0.5) is 0 Å². The van der Waals surface area contributed by atoms with Gasteiger partial charge in [-0.2, -0.15) is 5.26 Å². The third-order valence-corrected chi connectivity index (χ3v) is 2.52. The van der Waals surface area contributed by atoms with Crippen molar-refractivity contribution in [3.63, 3.8) is 0 Å². The summed E-state index contributed by atoms with van der Waals surface area (Å²) >= 11 is 0. The number of hydrogen-bond acceptors (Lipinski definition) is 3. The maximum absolute atomic E-state index is 11.6. The molecule has 0 aromatic rings. The second-order valence-corrected chi connectivity index (χ2v) is 10.3. The van der Waals surface area contributed by atoms with Gasteiger partial charge in [-0.25, -0.2) is 0 Å². The van der Waals surface area contributed by atoms with Crippen LogP contribution in [0.3, 0.4) is 0 Å². The summed E-state index contributed by atoms with van der Waals surface area (Å²) in [5.74, 6) is -0.141. The van der Waals surface area contributed by atoms with Crippen molar-refractivity contribution < 1.29 is 9.22 Å². The molecule has 0 radical (unpaired) electrons. The second kappa shape index (κ2) is 5.46. The zero-order valence-electron chi connectivity index (χ0n) is 11.0. The Morgan fingerprint density at radius 3 is 2.25 bits per heavy atom. The Hall–Kier alpha value is -0.863. The minimum absolute atomic E-state index is 0.109. The van der Waals surface area contributed by atoms with Gasteiger partial charge in [-0.1, -0.05) is 0 Å². The Morgan fingerprint density at radius 2 is 1.94 bits per heavy atom. The van der Waals surface area contributed by atoms with Crippen LogP contribution < -0.4 is 5.32 Å². The third kappa shape index (κ3) is 8.45. The maximum Gasteiger partial charge on any atom is 0.224 e. The van der Waals surface area contributed by atoms with Crippen molar-refractivity contribution in [3.05, 3.63) is 0 Å². The number of nitriles is 1. The highest BCUT2D eigenvalue weighted by Gasteiger charge is 2.24. The molecular formula is C11H22N2O2Si. The highest BCUT2D eigenvalue weighted by Crippen LogP contribution is 2.10. The Bertz CT molecular complexity index is 284. The molecule has 0 aliphatic carbocycles. The summed E-state index contributed by atoms with van der Waals surface area (Å²) in [6.45, 7) is 11.7. The average Bonchev–Trinajstić information content (AvgIpc) is 1.96. The second-order valence-electron chi connectivity index (χ2n) is 5.85. The van der Waals surface area contributed by atoms with E-state index in [0.29, 0.717) is 0 Å². The Balaban J connectivity index is 4.25. The van der Waals surface area contributed by atoms with Gasteiger partial charge in [0.2, 0.25) is 5.91 Å². The van der Waals surface area contributed by atoms with Crippen molar-refractivity contribution in [3.8, 4) is 6.07 Å². The molecule has 1 atom stereocenters. The fourth-order valence-corrected chi connectivity index (χ4v) is 2.17. The number of rotatable bonds is 4. The Kier molecular flexibility index (Phi) is 5.17. The molecular weight excluding hydrogens is 220 g/mol. The van der Waals surface area contributed by atoms with Crippen molar-refractivity contribution in [2.75, 3.05) is 0 Å². The number of carbonyl (C=O) groups is 1. The number of amides is 1. The summed E-state index contributed by atoms with van der Waals surface area (Å²) in [7, 11) is -1.77. The molecule has 1 amide bonds. The van der Waals surface area contributed by atoms with E-state index in [0.717, 1.165) is 0 Å². The lowest BCUT2D eigenvalue weighted by Crippen LogP contribution is -2.43. The number of carbonyl (C=O) groups excluding carboxylic acids is 1. The van der Waals surface area contributed by atoms with Gasteiger partial charge >= 0.3 is 0 Å². The molecule has 0 fully saturated rings. The van der Waals surface area contributed by atoms with Crippen LogP contribution in [0.1, 0.15) is 27.2 Å². The first-order chi connectivity index (χ1) is 7.03. The van der Waals surface area contributed by atoms with E-state index in [-0.39, 0.29) is 17.9 Å². The fraction of sp³-hybridized carbons (Fsp3) is 0.818. The Labute approximate surface area is 99.1 Å². The smallest absolute Gasteiger partial charge is 0.224 e. The molecule has 0 aromatic heterocycles. The van der Waals surface area contributed by atoms with Crippen LogP contribution in [-0.2, 0) is 9.22 Å². The van der Waals surface area contributed by atoms with Gasteiger partial charge in [0.15, 0.2) is 8.32 Å². The predicted octanol–water partition coefficient (Wildman–Crippen LogP) is 2.03. The Morgan fingerprint density at radius 1 is 1.44 bits per heavy atom. The molecule has 1 unspecified atom stereocenters. The lowest BCUT2D eigenvalue weighted by atomic mass is 10.1. The summed E-state index contributed by atoms with van der Waals surface area (Å²) in [4.78, 5) is 11.6. The molecule has 0 spiro atoms. The van der Waals surface area contributed by atoms with E-state index in [2.05, 4.69) is 5.32 Å². The van der Waals surface area contributed by atoms with Crippen molar-refractivity contribution in [1.29, 1.82) is 5.26 Å². The van der Waals surface area contributed by atoms with Crippen molar-refractivity contribution in [2.24, 2.45) is 0 Å². The zero-order valence-corrected chi connectivity index (χ0v) is 12.0. The molecule has 92 valence electrons. The van der Waals surface area contributed by atoms with E-state index in [1.807, 2.05) is 46.5 Å². The van der Waals surface area contributed by atoms with E-state index in [9.17, 15) is 4.79 Å². The molecule has 0 bridgehead atoms. The summed E-state index contributed by atoms with van der Waals surface area (Å²) in [6, 6.07) is 2.03. The standard InChI is InChI=1S/C11H22N2O2Si/c1-11(2,3)13-10(14)7-9(8-12)15-16(4,5)6/h9H,7H2,1-6H3,(H,13,14). The topological polar surface area (TPSA) is 62.1 Å². The van der Waals surface area contributed by atoms with Crippen molar-refractivity contribution >= 4 is 14.2 Å². The van der Waals surface area contributed by atoms with E-state index in [1.54, 1.807) is 0 Å². The van der Waals surface area contributed by atoms with Crippen LogP contribution in [0.2, 0.25) is 19.6 Å². The highest BCUT2D eigenvalue weighted by molar-refractivity contribution is 6.69. The summed E-state index contributed by atoms with van der Waals surface area (Å²) in [5, 5.41) is 11.7. The van der Waals surface area contributed by atoms with E-state index in [1.165, 1.54) is 0 Å². The number of hydrogen-bond donors (Lipinski definition) is 1. The van der Waals surface area contributed by atoms with Gasteiger partial charge in [0.1, 0.15) is 6.10 Å². The molecule has 0 saturated heterocycles. The summed E-state index contributed by atoms with van der Waals surface area (Å²) in [5.41, 5.74) is -0.268. The first kappa shape index (κ1) is 15.1. The number of nitrogens with zero attached hydrogens (tertiary/aromatic N) is 1. The van der Waals surface area contributed by atoms with Gasteiger partial charge in [0.05, 0.1) is 12.5 Å². The molecule has 4 nitrogen and oxygen atoms in total. The van der Waals surface area contributed by atoms with E-state index >= 15 is 0 Å². The van der Waals surface area contributed by atoms with E-state index < -0.39 is 14.4 Å². The normalized spacial score (nSPS) is 14.1. The van der Waals surface area contributed by atoms with Crippen LogP contribution >= 0.6 is 0 Å². The fourth-order valence-electron chi connectivity index (χ4n) is 1.18. The SMILES string of the molecule is CC(C)(C)NC(=O)CC(C#N)O[Si](C)(C)C. The molecule has 1 N–H and O–H groups in total. The van der Waals surface area contributed by atoms with Gasteiger partial charge < -0.3 is 9.74 Å². The molecule has 0 aliphatic heterocycles. The van der Waals surface area contributed by atoms with Gasteiger partial charge in [0.25, 0.3) is 0 Å². The molecule has 16 heavy (non-hydrogen) atoms. The summed E-state index contributed by atoms with van der Waals surface area (Å²) < 4.78 is 5.59. The molecule has 0 rings (SSSR count). The van der Waals surface area contributed by atoms with Crippen LogP contribution in [0.5, 0.6) is 0 Å². The molecule has 5 heteroatoms. The first-order valence-corrected chi connectivity index (χ1v) is 8.83. The average molecular weight is 242 g/mol. The van der Waals surface area contributed by atoms with Crippen LogP contribution in [0.25, 0.3) is 0 Å². The third-order valence-electron chi connectivity index (χ3n) is 1.53. The molecule has 0 heterocycles. The summed E-state index contributed by atoms with van der Waals surface area (Å²) in [6.07, 6.45) is -0.521. The van der Waals surface area contributed by atoms with E-state index in [4.69, 9.17) is 9.69 Å². The lowest BCUT2D eigenvalue weighted by Gasteiger charge is -2.24. The zero-order chi connectivity index (χ0) is 13.0. The quantitative estimate of drug-likeness (QED) is 0.767. The largest absolute Gasteiger partial charge is 0.402 e. The van der Waals surface area contributed by atoms with Crippen molar-refractivity contribution in [2.45, 2.75) is 58.5 Å². The molecule has 0 aromatic carbocycles. The monoisotopic (exact) mass is 242 g/mol. The number of nitrogens with one attached hydrogen (secondary N) is 1. The van der Waals surface area contributed by atoms with Crippen LogP contribution in [-0.4, -0.2) is 25.9 Å². The van der Waals surface area contributed by atoms with Gasteiger partial charge in [-0.3, -0.25) is 4.79 Å². The molecule has 0 aliphatic rings. The van der Waals surface area contributed by atoms with Gasteiger partial charge in [-0.05, 0) is 40.4 Å². The van der Waals surface area contributed by atoms with Gasteiger partial charge in [0, 0.05) is 5.54 Å². The van der Waals surface area contributed by atoms with Crippen LogP contribution in [0, 0.1) is 11.3 Å². The van der Waals surface area contributed by atoms with Crippen molar-refractivity contribution in [1.82, 2.24) is 5.32 Å². The lowest BCUT2D eigenvalue weighted by molar-refractivity contribution is -0.123.